The lowest BCUT2D eigenvalue weighted by Crippen LogP contribution is -2.37. The first kappa shape index (κ1) is 22.8. The fraction of sp³-hybridized carbons (Fsp3) is 0.286. The highest BCUT2D eigenvalue weighted by atomic mass is 16.5. The minimum absolute atomic E-state index is 0.348. The van der Waals surface area contributed by atoms with E-state index in [1.165, 1.54) is 5.56 Å². The number of hydrogen-bond acceptors (Lipinski definition) is 3. The highest BCUT2D eigenvalue weighted by Gasteiger charge is 2.18. The molecule has 1 N–H and O–H groups in total. The molecule has 0 unspecified atom stereocenters. The summed E-state index contributed by atoms with van der Waals surface area (Å²) in [6.07, 6.45) is 3.42. The molecule has 3 nitrogen and oxygen atoms in total. The van der Waals surface area contributed by atoms with E-state index < -0.39 is 6.10 Å². The van der Waals surface area contributed by atoms with E-state index in [2.05, 4.69) is 42.7 Å². The number of aryl methyl sites for hydroxylation is 1. The lowest BCUT2D eigenvalue weighted by atomic mass is 10.0. The zero-order valence-electron chi connectivity index (χ0n) is 18.4. The van der Waals surface area contributed by atoms with E-state index in [0.29, 0.717) is 19.2 Å². The summed E-state index contributed by atoms with van der Waals surface area (Å²) in [7, 11) is 0. The summed E-state index contributed by atoms with van der Waals surface area (Å²) >= 11 is 0. The van der Waals surface area contributed by atoms with Crippen LogP contribution in [0.2, 0.25) is 0 Å². The Bertz CT molecular complexity index is 893. The van der Waals surface area contributed by atoms with Gasteiger partial charge < -0.3 is 9.84 Å². The number of benzene rings is 3. The molecule has 0 radical (unpaired) electrons. The van der Waals surface area contributed by atoms with Gasteiger partial charge >= 0.3 is 0 Å². The molecular formula is C28H33NO2. The van der Waals surface area contributed by atoms with Gasteiger partial charge in [-0.2, -0.15) is 0 Å². The van der Waals surface area contributed by atoms with Crippen molar-refractivity contribution in [3.05, 3.63) is 114 Å². The van der Waals surface area contributed by atoms with E-state index in [4.69, 9.17) is 4.74 Å². The van der Waals surface area contributed by atoms with Crippen LogP contribution in [-0.4, -0.2) is 29.1 Å². The van der Waals surface area contributed by atoms with Gasteiger partial charge in [0.05, 0.1) is 6.10 Å². The topological polar surface area (TPSA) is 32.7 Å². The average molecular weight is 416 g/mol. The molecule has 0 saturated carbocycles. The Labute approximate surface area is 186 Å². The largest absolute Gasteiger partial charge is 0.489 e. The molecule has 0 saturated heterocycles. The van der Waals surface area contributed by atoms with E-state index in [-0.39, 0.29) is 0 Å². The van der Waals surface area contributed by atoms with E-state index in [0.717, 1.165) is 36.3 Å². The Morgan fingerprint density at radius 3 is 2.13 bits per heavy atom. The second-order valence-electron chi connectivity index (χ2n) is 7.97. The van der Waals surface area contributed by atoms with E-state index in [9.17, 15) is 5.11 Å². The van der Waals surface area contributed by atoms with Crippen LogP contribution >= 0.6 is 0 Å². The Kier molecular flexibility index (Phi) is 8.89. The first-order valence-electron chi connectivity index (χ1n) is 11.0. The third-order valence-corrected chi connectivity index (χ3v) is 5.60. The fourth-order valence-electron chi connectivity index (χ4n) is 3.66. The molecular weight excluding hydrogens is 382 g/mol. The molecule has 0 amide bonds. The van der Waals surface area contributed by atoms with Crippen molar-refractivity contribution in [3.8, 4) is 5.75 Å². The van der Waals surface area contributed by atoms with Crippen LogP contribution in [0, 0.1) is 0 Å². The summed E-state index contributed by atoms with van der Waals surface area (Å²) in [6.45, 7) is 7.99. The minimum atomic E-state index is -0.553. The second kappa shape index (κ2) is 12.1. The molecule has 0 aliphatic heterocycles. The van der Waals surface area contributed by atoms with Gasteiger partial charge in [-0.15, -0.1) is 6.58 Å². The number of ether oxygens (including phenoxy) is 1. The lowest BCUT2D eigenvalue weighted by Gasteiger charge is -2.30. The second-order valence-corrected chi connectivity index (χ2v) is 7.97. The smallest absolute Gasteiger partial charge is 0.119 e. The van der Waals surface area contributed by atoms with Crippen LogP contribution in [0.25, 0.3) is 0 Å². The molecule has 0 aliphatic carbocycles. The summed E-state index contributed by atoms with van der Waals surface area (Å²) in [6, 6.07) is 28.8. The average Bonchev–Trinajstić information content (AvgIpc) is 2.82. The molecule has 3 rings (SSSR count). The molecule has 0 bridgehead atoms. The van der Waals surface area contributed by atoms with Gasteiger partial charge in [-0.25, -0.2) is 0 Å². The molecule has 162 valence electrons. The highest BCUT2D eigenvalue weighted by molar-refractivity contribution is 5.29. The van der Waals surface area contributed by atoms with Crippen molar-refractivity contribution in [2.45, 2.75) is 38.5 Å². The van der Waals surface area contributed by atoms with Crippen LogP contribution in [0.5, 0.6) is 5.75 Å². The van der Waals surface area contributed by atoms with Crippen LogP contribution in [0.4, 0.5) is 0 Å². The molecule has 0 heterocycles. The maximum atomic E-state index is 10.8. The maximum Gasteiger partial charge on any atom is 0.119 e. The van der Waals surface area contributed by atoms with Gasteiger partial charge in [-0.1, -0.05) is 78.9 Å². The number of aliphatic hydroxyl groups excluding tert-OH is 1. The molecule has 0 aliphatic rings. The van der Waals surface area contributed by atoms with Crippen molar-refractivity contribution in [3.63, 3.8) is 0 Å². The Morgan fingerprint density at radius 1 is 0.903 bits per heavy atom. The van der Waals surface area contributed by atoms with Gasteiger partial charge in [0.15, 0.2) is 0 Å². The zero-order chi connectivity index (χ0) is 21.9. The van der Waals surface area contributed by atoms with Crippen molar-refractivity contribution in [1.82, 2.24) is 4.90 Å². The molecule has 0 fully saturated rings. The van der Waals surface area contributed by atoms with Gasteiger partial charge in [0.25, 0.3) is 0 Å². The third kappa shape index (κ3) is 7.39. The monoisotopic (exact) mass is 415 g/mol. The maximum absolute atomic E-state index is 10.8. The molecule has 2 atom stereocenters. The predicted molar refractivity (Wildman–Crippen MR) is 128 cm³/mol. The van der Waals surface area contributed by atoms with E-state index >= 15 is 0 Å². The quantitative estimate of drug-likeness (QED) is 0.379. The Hall–Kier alpha value is -2.88. The summed E-state index contributed by atoms with van der Waals surface area (Å²) in [4.78, 5) is 2.29. The number of aliphatic hydroxyl groups is 1. The third-order valence-electron chi connectivity index (χ3n) is 5.60. The van der Waals surface area contributed by atoms with Crippen molar-refractivity contribution in [1.29, 1.82) is 0 Å². The SMILES string of the molecule is C=CCN(C[C@H](O)c1ccc(OCc2ccccc2)cc1)[C@@H](C)CCc1ccccc1. The zero-order valence-corrected chi connectivity index (χ0v) is 18.4. The van der Waals surface area contributed by atoms with Crippen molar-refractivity contribution < 1.29 is 9.84 Å². The minimum Gasteiger partial charge on any atom is -0.489 e. The first-order chi connectivity index (χ1) is 15.2. The van der Waals surface area contributed by atoms with Gasteiger partial charge in [0, 0.05) is 19.1 Å². The summed E-state index contributed by atoms with van der Waals surface area (Å²) < 4.78 is 5.85. The van der Waals surface area contributed by atoms with Crippen molar-refractivity contribution >= 4 is 0 Å². The number of nitrogens with zero attached hydrogens (tertiary/aromatic N) is 1. The summed E-state index contributed by atoms with van der Waals surface area (Å²) in [5, 5.41) is 10.8. The fourth-order valence-corrected chi connectivity index (χ4v) is 3.66. The van der Waals surface area contributed by atoms with E-state index in [1.54, 1.807) is 0 Å². The molecule has 31 heavy (non-hydrogen) atoms. The molecule has 3 aromatic carbocycles. The van der Waals surface area contributed by atoms with Crippen LogP contribution in [-0.2, 0) is 13.0 Å². The predicted octanol–water partition coefficient (Wildman–Crippen LogP) is 5.81. The van der Waals surface area contributed by atoms with Crippen molar-refractivity contribution in [2.75, 3.05) is 13.1 Å². The van der Waals surface area contributed by atoms with E-state index in [1.807, 2.05) is 66.7 Å². The van der Waals surface area contributed by atoms with Crippen LogP contribution in [0.1, 0.15) is 36.1 Å². The summed E-state index contributed by atoms with van der Waals surface area (Å²) in [5.74, 6) is 0.805. The van der Waals surface area contributed by atoms with Crippen LogP contribution in [0.15, 0.2) is 97.6 Å². The standard InChI is InChI=1S/C28H33NO2/c1-3-20-29(23(2)14-15-24-10-6-4-7-11-24)21-28(30)26-16-18-27(19-17-26)31-22-25-12-8-5-9-13-25/h3-13,16-19,23,28,30H,1,14-15,20-22H2,2H3/t23-,28-/m0/s1. The Morgan fingerprint density at radius 2 is 1.52 bits per heavy atom. The van der Waals surface area contributed by atoms with Gasteiger partial charge in [-0.05, 0) is 48.6 Å². The summed E-state index contributed by atoms with van der Waals surface area (Å²) in [5.41, 5.74) is 3.38. The van der Waals surface area contributed by atoms with Gasteiger partial charge in [0.1, 0.15) is 12.4 Å². The first-order valence-corrected chi connectivity index (χ1v) is 11.0. The molecule has 0 spiro atoms. The van der Waals surface area contributed by atoms with Crippen LogP contribution in [0.3, 0.4) is 0 Å². The van der Waals surface area contributed by atoms with Crippen LogP contribution < -0.4 is 4.74 Å². The van der Waals surface area contributed by atoms with Gasteiger partial charge in [0.2, 0.25) is 0 Å². The number of hydrogen-bond donors (Lipinski definition) is 1. The lowest BCUT2D eigenvalue weighted by molar-refractivity contribution is 0.0964. The van der Waals surface area contributed by atoms with Gasteiger partial charge in [-0.3, -0.25) is 4.90 Å². The normalized spacial score (nSPS) is 13.0. The molecule has 3 heteroatoms. The molecule has 0 aromatic heterocycles. The van der Waals surface area contributed by atoms with Crippen molar-refractivity contribution in [2.24, 2.45) is 0 Å². The Balaban J connectivity index is 1.53. The highest BCUT2D eigenvalue weighted by Crippen LogP contribution is 2.21. The molecule has 3 aromatic rings. The number of rotatable bonds is 12.